The molecule has 1 rings (SSSR count). The molecule has 0 atom stereocenters. The average Bonchev–Trinajstić information content (AvgIpc) is 2.52. The highest BCUT2D eigenvalue weighted by molar-refractivity contribution is 5.98. The summed E-state index contributed by atoms with van der Waals surface area (Å²) in [5.41, 5.74) is 0.493. The SMILES string of the molecule is COCCOC(=O)/C(C#N)=C/c1cc(OC)cc(OC)c1. The topological polar surface area (TPSA) is 77.8 Å². The van der Waals surface area contributed by atoms with E-state index >= 15 is 0 Å². The molecule has 0 radical (unpaired) electrons. The minimum atomic E-state index is -0.698. The molecule has 0 heterocycles. The number of methoxy groups -OCH3 is 3. The Labute approximate surface area is 123 Å². The van der Waals surface area contributed by atoms with Crippen molar-refractivity contribution >= 4 is 12.0 Å². The van der Waals surface area contributed by atoms with Gasteiger partial charge in [-0.05, 0) is 23.8 Å². The van der Waals surface area contributed by atoms with Crippen LogP contribution in [-0.2, 0) is 14.3 Å². The van der Waals surface area contributed by atoms with E-state index in [1.54, 1.807) is 18.2 Å². The van der Waals surface area contributed by atoms with Gasteiger partial charge in [-0.15, -0.1) is 0 Å². The molecule has 0 aliphatic heterocycles. The van der Waals surface area contributed by atoms with Crippen molar-refractivity contribution in [3.05, 3.63) is 29.3 Å². The highest BCUT2D eigenvalue weighted by atomic mass is 16.6. The number of rotatable bonds is 7. The Bertz CT molecular complexity index is 537. The third-order valence-corrected chi connectivity index (χ3v) is 2.55. The van der Waals surface area contributed by atoms with Gasteiger partial charge in [0, 0.05) is 13.2 Å². The second kappa shape index (κ2) is 8.61. The summed E-state index contributed by atoms with van der Waals surface area (Å²) in [6.07, 6.45) is 1.42. The van der Waals surface area contributed by atoms with Crippen molar-refractivity contribution in [1.82, 2.24) is 0 Å². The first kappa shape index (κ1) is 16.5. The molecule has 0 bridgehead atoms. The van der Waals surface area contributed by atoms with Gasteiger partial charge in [0.25, 0.3) is 0 Å². The monoisotopic (exact) mass is 291 g/mol. The van der Waals surface area contributed by atoms with Gasteiger partial charge in [-0.25, -0.2) is 4.79 Å². The fraction of sp³-hybridized carbons (Fsp3) is 0.333. The largest absolute Gasteiger partial charge is 0.497 e. The van der Waals surface area contributed by atoms with Gasteiger partial charge in [0.05, 0.1) is 20.8 Å². The molecular weight excluding hydrogens is 274 g/mol. The normalized spacial score (nSPS) is 10.7. The Balaban J connectivity index is 2.97. The number of ether oxygens (including phenoxy) is 4. The van der Waals surface area contributed by atoms with Crippen LogP contribution in [-0.4, -0.2) is 40.5 Å². The second-order valence-corrected chi connectivity index (χ2v) is 3.94. The van der Waals surface area contributed by atoms with E-state index in [-0.39, 0.29) is 18.8 Å². The Morgan fingerprint density at radius 2 is 1.76 bits per heavy atom. The van der Waals surface area contributed by atoms with E-state index in [1.807, 2.05) is 6.07 Å². The van der Waals surface area contributed by atoms with Crippen LogP contribution in [0.15, 0.2) is 23.8 Å². The molecule has 0 saturated heterocycles. The van der Waals surface area contributed by atoms with Crippen LogP contribution in [0.5, 0.6) is 11.5 Å². The molecule has 112 valence electrons. The average molecular weight is 291 g/mol. The molecular formula is C15H17NO5. The van der Waals surface area contributed by atoms with Crippen LogP contribution in [0.3, 0.4) is 0 Å². The van der Waals surface area contributed by atoms with Crippen molar-refractivity contribution in [2.75, 3.05) is 34.5 Å². The van der Waals surface area contributed by atoms with Gasteiger partial charge < -0.3 is 18.9 Å². The lowest BCUT2D eigenvalue weighted by molar-refractivity contribution is -0.139. The molecule has 1 aromatic rings. The number of carbonyl (C=O) groups excluding carboxylic acids is 1. The van der Waals surface area contributed by atoms with Crippen LogP contribution < -0.4 is 9.47 Å². The van der Waals surface area contributed by atoms with Gasteiger partial charge in [-0.1, -0.05) is 0 Å². The summed E-state index contributed by atoms with van der Waals surface area (Å²) in [6, 6.07) is 6.88. The van der Waals surface area contributed by atoms with E-state index in [1.165, 1.54) is 27.4 Å². The fourth-order valence-electron chi connectivity index (χ4n) is 1.51. The summed E-state index contributed by atoms with van der Waals surface area (Å²) >= 11 is 0. The second-order valence-electron chi connectivity index (χ2n) is 3.94. The van der Waals surface area contributed by atoms with Gasteiger partial charge in [-0.2, -0.15) is 5.26 Å². The number of benzene rings is 1. The molecule has 0 aliphatic rings. The molecule has 6 heteroatoms. The molecule has 0 N–H and O–H groups in total. The van der Waals surface area contributed by atoms with E-state index in [9.17, 15) is 4.79 Å². The summed E-state index contributed by atoms with van der Waals surface area (Å²) in [7, 11) is 4.54. The molecule has 0 spiro atoms. The van der Waals surface area contributed by atoms with Crippen molar-refractivity contribution in [2.24, 2.45) is 0 Å². The standard InChI is InChI=1S/C15H17NO5/c1-18-4-5-21-15(17)12(10-16)6-11-7-13(19-2)9-14(8-11)20-3/h6-9H,4-5H2,1-3H3/b12-6+. The first-order valence-corrected chi connectivity index (χ1v) is 6.15. The highest BCUT2D eigenvalue weighted by Crippen LogP contribution is 2.24. The Morgan fingerprint density at radius 3 is 2.24 bits per heavy atom. The number of carbonyl (C=O) groups is 1. The zero-order valence-electron chi connectivity index (χ0n) is 12.2. The molecule has 0 aromatic heterocycles. The van der Waals surface area contributed by atoms with Crippen molar-refractivity contribution in [3.63, 3.8) is 0 Å². The van der Waals surface area contributed by atoms with Crippen LogP contribution in [0.25, 0.3) is 6.08 Å². The van der Waals surface area contributed by atoms with Gasteiger partial charge >= 0.3 is 5.97 Å². The number of esters is 1. The minimum absolute atomic E-state index is 0.0930. The predicted molar refractivity (Wildman–Crippen MR) is 76.0 cm³/mol. The van der Waals surface area contributed by atoms with Crippen LogP contribution in [0.1, 0.15) is 5.56 Å². The zero-order chi connectivity index (χ0) is 15.7. The van der Waals surface area contributed by atoms with Crippen LogP contribution in [0, 0.1) is 11.3 Å². The molecule has 0 aliphatic carbocycles. The van der Waals surface area contributed by atoms with Crippen LogP contribution in [0.2, 0.25) is 0 Å². The number of hydrogen-bond acceptors (Lipinski definition) is 6. The molecule has 0 amide bonds. The van der Waals surface area contributed by atoms with E-state index in [0.717, 1.165) is 0 Å². The maximum atomic E-state index is 11.7. The Kier molecular flexibility index (Phi) is 6.78. The van der Waals surface area contributed by atoms with Crippen molar-refractivity contribution in [2.45, 2.75) is 0 Å². The first-order chi connectivity index (χ1) is 10.1. The predicted octanol–water partition coefficient (Wildman–Crippen LogP) is 1.80. The number of hydrogen-bond donors (Lipinski definition) is 0. The van der Waals surface area contributed by atoms with Gasteiger partial charge in [0.2, 0.25) is 0 Å². The van der Waals surface area contributed by atoms with E-state index in [0.29, 0.717) is 17.1 Å². The zero-order valence-corrected chi connectivity index (χ0v) is 12.2. The Morgan fingerprint density at radius 1 is 1.14 bits per heavy atom. The number of nitriles is 1. The van der Waals surface area contributed by atoms with Crippen molar-refractivity contribution in [3.8, 4) is 17.6 Å². The lowest BCUT2D eigenvalue weighted by atomic mass is 10.1. The van der Waals surface area contributed by atoms with Gasteiger partial charge in [0.1, 0.15) is 29.7 Å². The van der Waals surface area contributed by atoms with Gasteiger partial charge in [-0.3, -0.25) is 0 Å². The quantitative estimate of drug-likeness (QED) is 0.330. The molecule has 0 unspecified atom stereocenters. The molecule has 1 aromatic carbocycles. The van der Waals surface area contributed by atoms with Gasteiger partial charge in [0.15, 0.2) is 0 Å². The summed E-state index contributed by atoms with van der Waals surface area (Å²) in [5.74, 6) is 0.424. The Hall–Kier alpha value is -2.52. The van der Waals surface area contributed by atoms with E-state index in [2.05, 4.69) is 0 Å². The first-order valence-electron chi connectivity index (χ1n) is 6.15. The fourth-order valence-corrected chi connectivity index (χ4v) is 1.51. The van der Waals surface area contributed by atoms with Crippen molar-refractivity contribution in [1.29, 1.82) is 5.26 Å². The summed E-state index contributed by atoms with van der Waals surface area (Å²) < 4.78 is 19.9. The van der Waals surface area contributed by atoms with Crippen LogP contribution in [0.4, 0.5) is 0 Å². The lowest BCUT2D eigenvalue weighted by Gasteiger charge is -2.06. The number of nitrogens with zero attached hydrogens (tertiary/aromatic N) is 1. The third-order valence-electron chi connectivity index (χ3n) is 2.55. The molecule has 6 nitrogen and oxygen atoms in total. The van der Waals surface area contributed by atoms with Crippen molar-refractivity contribution < 1.29 is 23.7 Å². The van der Waals surface area contributed by atoms with E-state index in [4.69, 9.17) is 24.2 Å². The summed E-state index contributed by atoms with van der Waals surface area (Å²) in [4.78, 5) is 11.7. The minimum Gasteiger partial charge on any atom is -0.497 e. The smallest absolute Gasteiger partial charge is 0.348 e. The molecule has 0 fully saturated rings. The maximum Gasteiger partial charge on any atom is 0.348 e. The lowest BCUT2D eigenvalue weighted by Crippen LogP contribution is -2.11. The third kappa shape index (κ3) is 5.16. The maximum absolute atomic E-state index is 11.7. The summed E-state index contributed by atoms with van der Waals surface area (Å²) in [6.45, 7) is 0.368. The summed E-state index contributed by atoms with van der Waals surface area (Å²) in [5, 5.41) is 9.05. The van der Waals surface area contributed by atoms with E-state index < -0.39 is 5.97 Å². The van der Waals surface area contributed by atoms with Crippen LogP contribution >= 0.6 is 0 Å². The highest BCUT2D eigenvalue weighted by Gasteiger charge is 2.11. The molecule has 21 heavy (non-hydrogen) atoms. The molecule has 0 saturated carbocycles.